The van der Waals surface area contributed by atoms with Crippen molar-refractivity contribution in [2.75, 3.05) is 20.2 Å². The Bertz CT molecular complexity index is 703. The summed E-state index contributed by atoms with van der Waals surface area (Å²) in [5.41, 5.74) is 0.982. The van der Waals surface area contributed by atoms with Gasteiger partial charge in [-0.25, -0.2) is 12.6 Å². The average Bonchev–Trinajstić information content (AvgIpc) is 2.48. The van der Waals surface area contributed by atoms with Gasteiger partial charge in [0, 0.05) is 13.1 Å². The molecule has 0 unspecified atom stereocenters. The van der Waals surface area contributed by atoms with Crippen LogP contribution < -0.4 is 0 Å². The molecule has 0 amide bonds. The van der Waals surface area contributed by atoms with Crippen LogP contribution in [0.5, 0.6) is 0 Å². The molecule has 0 atom stereocenters. The van der Waals surface area contributed by atoms with E-state index in [1.54, 1.807) is 24.3 Å². The third-order valence-corrected chi connectivity index (χ3v) is 6.35. The lowest BCUT2D eigenvalue weighted by molar-refractivity contribution is 0.119. The normalized spacial score (nSPS) is 18.5. The number of aryl methyl sites for hydroxylation is 1. The molecule has 2 rings (SSSR count). The first-order valence-electron chi connectivity index (χ1n) is 6.80. The van der Waals surface area contributed by atoms with Crippen LogP contribution in [0.3, 0.4) is 0 Å². The number of sulfonamides is 1. The number of hydrogen-bond acceptors (Lipinski definition) is 6. The van der Waals surface area contributed by atoms with Gasteiger partial charge in [0.05, 0.1) is 18.1 Å². The first-order chi connectivity index (χ1) is 10.2. The van der Waals surface area contributed by atoms with E-state index in [4.69, 9.17) is 4.18 Å². The monoisotopic (exact) mass is 349 g/mol. The topological polar surface area (TPSA) is 90.0 Å². The molecular formula is C13H19NO6S2. The van der Waals surface area contributed by atoms with Crippen LogP contribution in [0.1, 0.15) is 18.4 Å². The summed E-state index contributed by atoms with van der Waals surface area (Å²) in [7, 11) is -6.53. The van der Waals surface area contributed by atoms with Crippen molar-refractivity contribution in [2.24, 2.45) is 0 Å². The van der Waals surface area contributed by atoms with Gasteiger partial charge in [0.25, 0.3) is 0 Å². The van der Waals surface area contributed by atoms with Crippen molar-refractivity contribution in [1.82, 2.24) is 4.31 Å². The summed E-state index contributed by atoms with van der Waals surface area (Å²) in [5, 5.41) is 0. The maximum Gasteiger partial charge on any atom is 0.399 e. The fourth-order valence-corrected chi connectivity index (χ4v) is 4.31. The van der Waals surface area contributed by atoms with Crippen molar-refractivity contribution >= 4 is 20.4 Å². The number of hydrogen-bond donors (Lipinski definition) is 0. The Balaban J connectivity index is 2.03. The Hall–Kier alpha value is -1.00. The number of rotatable bonds is 5. The molecule has 0 spiro atoms. The van der Waals surface area contributed by atoms with E-state index >= 15 is 0 Å². The SMILES string of the molecule is COS(=O)(=O)OC1CCN(S(=O)(=O)c2ccc(C)cc2)CC1. The third kappa shape index (κ3) is 4.05. The van der Waals surface area contributed by atoms with Crippen LogP contribution in [0.15, 0.2) is 29.2 Å². The number of nitrogens with zero attached hydrogens (tertiary/aromatic N) is 1. The van der Waals surface area contributed by atoms with Crippen molar-refractivity contribution in [3.63, 3.8) is 0 Å². The fourth-order valence-electron chi connectivity index (χ4n) is 2.23. The lowest BCUT2D eigenvalue weighted by atomic mass is 10.1. The molecule has 1 aliphatic rings. The van der Waals surface area contributed by atoms with Crippen LogP contribution in [0, 0.1) is 6.92 Å². The molecule has 124 valence electrons. The highest BCUT2D eigenvalue weighted by Crippen LogP contribution is 2.23. The Kier molecular flexibility index (Phi) is 5.23. The first kappa shape index (κ1) is 17.4. The highest BCUT2D eigenvalue weighted by molar-refractivity contribution is 7.89. The Morgan fingerprint density at radius 2 is 1.59 bits per heavy atom. The van der Waals surface area contributed by atoms with Gasteiger partial charge in [0.1, 0.15) is 0 Å². The highest BCUT2D eigenvalue weighted by Gasteiger charge is 2.31. The van der Waals surface area contributed by atoms with Gasteiger partial charge in [-0.05, 0) is 31.9 Å². The fraction of sp³-hybridized carbons (Fsp3) is 0.538. The quantitative estimate of drug-likeness (QED) is 0.789. The highest BCUT2D eigenvalue weighted by atomic mass is 32.3. The molecule has 0 N–H and O–H groups in total. The van der Waals surface area contributed by atoms with Gasteiger partial charge in [-0.1, -0.05) is 17.7 Å². The maximum absolute atomic E-state index is 12.5. The van der Waals surface area contributed by atoms with Crippen LogP contribution in [-0.2, 0) is 28.8 Å². The first-order valence-corrected chi connectivity index (χ1v) is 9.57. The van der Waals surface area contributed by atoms with E-state index in [1.165, 1.54) is 4.31 Å². The van der Waals surface area contributed by atoms with Crippen molar-refractivity contribution < 1.29 is 25.2 Å². The summed E-state index contributed by atoms with van der Waals surface area (Å²) in [5.74, 6) is 0. The van der Waals surface area contributed by atoms with Crippen LogP contribution in [0.25, 0.3) is 0 Å². The molecule has 0 aromatic heterocycles. The van der Waals surface area contributed by atoms with Gasteiger partial charge >= 0.3 is 10.4 Å². The lowest BCUT2D eigenvalue weighted by Crippen LogP contribution is -2.41. The Morgan fingerprint density at radius 3 is 2.09 bits per heavy atom. The van der Waals surface area contributed by atoms with Crippen molar-refractivity contribution in [3.05, 3.63) is 29.8 Å². The summed E-state index contributed by atoms with van der Waals surface area (Å²) in [6, 6.07) is 6.63. The van der Waals surface area contributed by atoms with Crippen molar-refractivity contribution in [3.8, 4) is 0 Å². The summed E-state index contributed by atoms with van der Waals surface area (Å²) >= 11 is 0. The smallest absolute Gasteiger partial charge is 0.252 e. The predicted molar refractivity (Wildman–Crippen MR) is 80.0 cm³/mol. The number of benzene rings is 1. The molecule has 1 aromatic rings. The molecule has 0 saturated carbocycles. The molecule has 22 heavy (non-hydrogen) atoms. The maximum atomic E-state index is 12.5. The van der Waals surface area contributed by atoms with Gasteiger partial charge in [-0.15, -0.1) is 0 Å². The van der Waals surface area contributed by atoms with Crippen molar-refractivity contribution in [1.29, 1.82) is 0 Å². The van der Waals surface area contributed by atoms with Gasteiger partial charge in [0.15, 0.2) is 0 Å². The molecule has 1 aromatic carbocycles. The Morgan fingerprint density at radius 1 is 1.05 bits per heavy atom. The van der Waals surface area contributed by atoms with E-state index in [0.717, 1.165) is 12.7 Å². The summed E-state index contributed by atoms with van der Waals surface area (Å²) in [6.07, 6.45) is 0.0378. The van der Waals surface area contributed by atoms with Crippen LogP contribution in [-0.4, -0.2) is 47.4 Å². The minimum Gasteiger partial charge on any atom is -0.252 e. The standard InChI is InChI=1S/C13H19NO6S2/c1-11-3-5-13(6-4-11)21(15,16)14-9-7-12(8-10-14)20-22(17,18)19-2/h3-6,12H,7-10H2,1-2H3. The lowest BCUT2D eigenvalue weighted by Gasteiger charge is -2.30. The molecule has 1 fully saturated rings. The molecule has 1 aliphatic heterocycles. The van der Waals surface area contributed by atoms with Crippen molar-refractivity contribution in [2.45, 2.75) is 30.8 Å². The second-order valence-electron chi connectivity index (χ2n) is 5.09. The van der Waals surface area contributed by atoms with Gasteiger partial charge in [0.2, 0.25) is 10.0 Å². The average molecular weight is 349 g/mol. The second-order valence-corrected chi connectivity index (χ2v) is 8.37. The molecule has 1 heterocycles. The molecular weight excluding hydrogens is 330 g/mol. The summed E-state index contributed by atoms with van der Waals surface area (Å²) in [6.45, 7) is 2.30. The van der Waals surface area contributed by atoms with E-state index < -0.39 is 26.5 Å². The summed E-state index contributed by atoms with van der Waals surface area (Å²) in [4.78, 5) is 0.238. The largest absolute Gasteiger partial charge is 0.399 e. The van der Waals surface area contributed by atoms with Crippen LogP contribution in [0.4, 0.5) is 0 Å². The molecule has 0 bridgehead atoms. The Labute approximate surface area is 131 Å². The predicted octanol–water partition coefficient (Wildman–Crippen LogP) is 1.06. The number of piperidine rings is 1. The van der Waals surface area contributed by atoms with Gasteiger partial charge < -0.3 is 0 Å². The minimum absolute atomic E-state index is 0.208. The zero-order chi connectivity index (χ0) is 16.4. The molecule has 0 aliphatic carbocycles. The van der Waals surface area contributed by atoms with Gasteiger partial charge in [-0.3, -0.25) is 4.18 Å². The van der Waals surface area contributed by atoms with E-state index in [-0.39, 0.29) is 18.0 Å². The van der Waals surface area contributed by atoms with E-state index in [9.17, 15) is 16.8 Å². The third-order valence-electron chi connectivity index (χ3n) is 3.52. The molecule has 1 saturated heterocycles. The van der Waals surface area contributed by atoms with Crippen LogP contribution >= 0.6 is 0 Å². The minimum atomic E-state index is -4.00. The molecule has 9 heteroatoms. The molecule has 7 nitrogen and oxygen atoms in total. The zero-order valence-electron chi connectivity index (χ0n) is 12.4. The summed E-state index contributed by atoms with van der Waals surface area (Å²) < 4.78 is 57.8. The second kappa shape index (κ2) is 6.63. The van der Waals surface area contributed by atoms with E-state index in [1.807, 2.05) is 6.92 Å². The van der Waals surface area contributed by atoms with E-state index in [0.29, 0.717) is 12.8 Å². The van der Waals surface area contributed by atoms with Gasteiger partial charge in [-0.2, -0.15) is 12.7 Å². The zero-order valence-corrected chi connectivity index (χ0v) is 14.1. The molecule has 0 radical (unpaired) electrons. The van der Waals surface area contributed by atoms with E-state index in [2.05, 4.69) is 4.18 Å². The van der Waals surface area contributed by atoms with Crippen LogP contribution in [0.2, 0.25) is 0 Å².